The second-order valence-electron chi connectivity index (χ2n) is 4.82. The fourth-order valence-electron chi connectivity index (χ4n) is 1.30. The molecule has 0 saturated carbocycles. The van der Waals surface area contributed by atoms with Crippen LogP contribution in [-0.2, 0) is 6.42 Å². The SMILES string of the molecule is Cc1nc(CCNC(C)(C)C)[nH]c1C. The summed E-state index contributed by atoms with van der Waals surface area (Å²) in [4.78, 5) is 7.71. The lowest BCUT2D eigenvalue weighted by Gasteiger charge is -2.19. The maximum absolute atomic E-state index is 4.43. The van der Waals surface area contributed by atoms with Gasteiger partial charge in [-0.3, -0.25) is 0 Å². The first-order valence-corrected chi connectivity index (χ1v) is 5.15. The van der Waals surface area contributed by atoms with Crippen LogP contribution < -0.4 is 5.32 Å². The van der Waals surface area contributed by atoms with Crippen molar-refractivity contribution in [2.24, 2.45) is 0 Å². The van der Waals surface area contributed by atoms with Crippen molar-refractivity contribution < 1.29 is 0 Å². The molecule has 0 radical (unpaired) electrons. The molecule has 14 heavy (non-hydrogen) atoms. The molecule has 1 heterocycles. The van der Waals surface area contributed by atoms with Gasteiger partial charge in [0.05, 0.1) is 5.69 Å². The summed E-state index contributed by atoms with van der Waals surface area (Å²) in [5, 5.41) is 3.44. The Morgan fingerprint density at radius 3 is 2.36 bits per heavy atom. The monoisotopic (exact) mass is 195 g/mol. The highest BCUT2D eigenvalue weighted by Crippen LogP contribution is 2.04. The molecule has 0 unspecified atom stereocenters. The van der Waals surface area contributed by atoms with Gasteiger partial charge < -0.3 is 10.3 Å². The summed E-state index contributed by atoms with van der Waals surface area (Å²) < 4.78 is 0. The number of nitrogens with zero attached hydrogens (tertiary/aromatic N) is 1. The van der Waals surface area contributed by atoms with Gasteiger partial charge in [-0.15, -0.1) is 0 Å². The summed E-state index contributed by atoms with van der Waals surface area (Å²) in [6.07, 6.45) is 0.964. The summed E-state index contributed by atoms with van der Waals surface area (Å²) in [6, 6.07) is 0. The average Bonchev–Trinajstić information content (AvgIpc) is 2.28. The van der Waals surface area contributed by atoms with Gasteiger partial charge in [-0.2, -0.15) is 0 Å². The maximum atomic E-state index is 4.43. The van der Waals surface area contributed by atoms with Crippen LogP contribution >= 0.6 is 0 Å². The first-order chi connectivity index (χ1) is 6.38. The van der Waals surface area contributed by atoms with E-state index >= 15 is 0 Å². The third kappa shape index (κ3) is 3.50. The second kappa shape index (κ2) is 4.13. The number of imidazole rings is 1. The molecule has 1 aromatic heterocycles. The van der Waals surface area contributed by atoms with Crippen LogP contribution in [0, 0.1) is 13.8 Å². The van der Waals surface area contributed by atoms with Crippen LogP contribution in [0.3, 0.4) is 0 Å². The van der Waals surface area contributed by atoms with Gasteiger partial charge in [0, 0.05) is 24.2 Å². The zero-order valence-electron chi connectivity index (χ0n) is 9.86. The Morgan fingerprint density at radius 1 is 1.29 bits per heavy atom. The predicted octanol–water partition coefficient (Wildman–Crippen LogP) is 1.96. The summed E-state index contributed by atoms with van der Waals surface area (Å²) in [5.74, 6) is 1.08. The number of hydrogen-bond acceptors (Lipinski definition) is 2. The number of hydrogen-bond donors (Lipinski definition) is 2. The van der Waals surface area contributed by atoms with Crippen LogP contribution in [0.1, 0.15) is 38.0 Å². The fraction of sp³-hybridized carbons (Fsp3) is 0.727. The minimum absolute atomic E-state index is 0.191. The normalized spacial score (nSPS) is 12.1. The van der Waals surface area contributed by atoms with Crippen LogP contribution in [0.4, 0.5) is 0 Å². The van der Waals surface area contributed by atoms with Crippen LogP contribution in [0.15, 0.2) is 0 Å². The Kier molecular flexibility index (Phi) is 3.32. The Bertz CT molecular complexity index is 274. The highest BCUT2D eigenvalue weighted by atomic mass is 15.0. The standard InChI is InChI=1S/C11H21N3/c1-8-9(2)14-10(13-8)6-7-12-11(3,4)5/h12H,6-7H2,1-5H3,(H,13,14). The number of nitrogens with one attached hydrogen (secondary N) is 2. The summed E-state index contributed by atoms with van der Waals surface area (Å²) in [6.45, 7) is 11.6. The van der Waals surface area contributed by atoms with E-state index in [0.717, 1.165) is 24.5 Å². The molecule has 0 amide bonds. The molecule has 0 spiro atoms. The third-order valence-electron chi connectivity index (χ3n) is 2.19. The van der Waals surface area contributed by atoms with Gasteiger partial charge in [0.1, 0.15) is 5.82 Å². The van der Waals surface area contributed by atoms with Gasteiger partial charge in [0.15, 0.2) is 0 Å². The number of rotatable bonds is 3. The Hall–Kier alpha value is -0.830. The van der Waals surface area contributed by atoms with Crippen LogP contribution in [0.25, 0.3) is 0 Å². The molecule has 0 bridgehead atoms. The molecule has 3 heteroatoms. The van der Waals surface area contributed by atoms with Crippen molar-refractivity contribution in [3.05, 3.63) is 17.2 Å². The summed E-state index contributed by atoms with van der Waals surface area (Å²) >= 11 is 0. The molecule has 0 aliphatic heterocycles. The molecule has 80 valence electrons. The van der Waals surface area contributed by atoms with E-state index < -0.39 is 0 Å². The lowest BCUT2D eigenvalue weighted by Crippen LogP contribution is -2.37. The number of aromatic amines is 1. The third-order valence-corrected chi connectivity index (χ3v) is 2.19. The Morgan fingerprint density at radius 2 is 1.93 bits per heavy atom. The molecule has 0 saturated heterocycles. The molecule has 0 aromatic carbocycles. The molecule has 0 atom stereocenters. The van der Waals surface area contributed by atoms with Gasteiger partial charge in [0.2, 0.25) is 0 Å². The number of H-pyrrole nitrogens is 1. The van der Waals surface area contributed by atoms with Gasteiger partial charge in [-0.05, 0) is 34.6 Å². The van der Waals surface area contributed by atoms with E-state index in [0.29, 0.717) is 0 Å². The van der Waals surface area contributed by atoms with E-state index in [1.54, 1.807) is 0 Å². The fourth-order valence-corrected chi connectivity index (χ4v) is 1.30. The first-order valence-electron chi connectivity index (χ1n) is 5.15. The van der Waals surface area contributed by atoms with Gasteiger partial charge in [-0.25, -0.2) is 4.98 Å². The molecule has 1 aromatic rings. The van der Waals surface area contributed by atoms with Crippen molar-refractivity contribution in [1.82, 2.24) is 15.3 Å². The number of aromatic nitrogens is 2. The largest absolute Gasteiger partial charge is 0.346 e. The highest BCUT2D eigenvalue weighted by Gasteiger charge is 2.08. The molecule has 1 rings (SSSR count). The smallest absolute Gasteiger partial charge is 0.107 e. The van der Waals surface area contributed by atoms with Crippen molar-refractivity contribution in [2.75, 3.05) is 6.54 Å². The van der Waals surface area contributed by atoms with Crippen LogP contribution in [0.2, 0.25) is 0 Å². The summed E-state index contributed by atoms with van der Waals surface area (Å²) in [5.41, 5.74) is 2.47. The molecular weight excluding hydrogens is 174 g/mol. The minimum atomic E-state index is 0.191. The molecule has 0 aliphatic carbocycles. The zero-order chi connectivity index (χ0) is 10.8. The van der Waals surface area contributed by atoms with Gasteiger partial charge in [-0.1, -0.05) is 0 Å². The van der Waals surface area contributed by atoms with E-state index in [9.17, 15) is 0 Å². The van der Waals surface area contributed by atoms with E-state index in [2.05, 4.69) is 43.0 Å². The highest BCUT2D eigenvalue weighted by molar-refractivity contribution is 5.10. The lowest BCUT2D eigenvalue weighted by atomic mass is 10.1. The van der Waals surface area contributed by atoms with Gasteiger partial charge >= 0.3 is 0 Å². The summed E-state index contributed by atoms with van der Waals surface area (Å²) in [7, 11) is 0. The van der Waals surface area contributed by atoms with Crippen molar-refractivity contribution in [3.63, 3.8) is 0 Å². The van der Waals surface area contributed by atoms with E-state index in [4.69, 9.17) is 0 Å². The van der Waals surface area contributed by atoms with Crippen molar-refractivity contribution in [2.45, 2.75) is 46.6 Å². The van der Waals surface area contributed by atoms with E-state index in [-0.39, 0.29) is 5.54 Å². The average molecular weight is 195 g/mol. The predicted molar refractivity (Wildman–Crippen MR) is 59.5 cm³/mol. The molecule has 3 nitrogen and oxygen atoms in total. The van der Waals surface area contributed by atoms with E-state index in [1.807, 2.05) is 6.92 Å². The molecular formula is C11H21N3. The van der Waals surface area contributed by atoms with Crippen molar-refractivity contribution >= 4 is 0 Å². The minimum Gasteiger partial charge on any atom is -0.346 e. The Balaban J connectivity index is 2.39. The van der Waals surface area contributed by atoms with Crippen molar-refractivity contribution in [1.29, 1.82) is 0 Å². The number of aryl methyl sites for hydroxylation is 2. The van der Waals surface area contributed by atoms with E-state index in [1.165, 1.54) is 5.69 Å². The first kappa shape index (κ1) is 11.2. The maximum Gasteiger partial charge on any atom is 0.107 e. The Labute approximate surface area is 86.3 Å². The lowest BCUT2D eigenvalue weighted by molar-refractivity contribution is 0.427. The topological polar surface area (TPSA) is 40.7 Å². The molecule has 2 N–H and O–H groups in total. The second-order valence-corrected chi connectivity index (χ2v) is 4.82. The van der Waals surface area contributed by atoms with Crippen LogP contribution in [-0.4, -0.2) is 22.1 Å². The molecule has 0 fully saturated rings. The van der Waals surface area contributed by atoms with Crippen LogP contribution in [0.5, 0.6) is 0 Å². The zero-order valence-corrected chi connectivity index (χ0v) is 9.86. The van der Waals surface area contributed by atoms with Crippen molar-refractivity contribution in [3.8, 4) is 0 Å². The van der Waals surface area contributed by atoms with Gasteiger partial charge in [0.25, 0.3) is 0 Å². The quantitative estimate of drug-likeness (QED) is 0.774. The molecule has 0 aliphatic rings.